The van der Waals surface area contributed by atoms with Gasteiger partial charge >= 0.3 is 13.8 Å². The molecular formula is C44H76NO7P. The Bertz CT molecular complexity index is 1080. The van der Waals surface area contributed by atoms with Gasteiger partial charge in [-0.05, 0) is 77.0 Å². The van der Waals surface area contributed by atoms with Gasteiger partial charge in [0.2, 0.25) is 0 Å². The Morgan fingerprint density at radius 2 is 1.06 bits per heavy atom. The van der Waals surface area contributed by atoms with Gasteiger partial charge in [-0.3, -0.25) is 13.8 Å². The lowest BCUT2D eigenvalue weighted by Gasteiger charge is -2.19. The Morgan fingerprint density at radius 3 is 1.58 bits per heavy atom. The first-order chi connectivity index (χ1) is 25.9. The zero-order chi connectivity index (χ0) is 38.8. The smallest absolute Gasteiger partial charge is 0.457 e. The molecule has 2 atom stereocenters. The number of rotatable bonds is 38. The van der Waals surface area contributed by atoms with Crippen LogP contribution in [0.5, 0.6) is 0 Å². The standard InChI is InChI=1S/C44H76NO7P/c1-3-5-7-9-11-13-15-17-19-20-21-22-23-25-27-29-31-33-35-37-44(46)52-43(42-51-53(47,48)50-40-38-45)41-49-39-36-34-32-30-28-26-24-18-16-14-12-10-8-6-4-2/h5,7,11,13,16-19,21-22,25,27,31,33,43H,3-4,6,8-10,12,14-15,20,23-24,26,28-30,32,34-42,45H2,1-2H3,(H,47,48)/b7-5-,13-11-,18-16-,19-17-,22-21-,27-25-,33-31-. The highest BCUT2D eigenvalue weighted by Gasteiger charge is 2.25. The molecule has 0 aromatic carbocycles. The van der Waals surface area contributed by atoms with E-state index in [1.807, 2.05) is 12.2 Å². The second kappa shape index (κ2) is 40.9. The van der Waals surface area contributed by atoms with E-state index in [1.165, 1.54) is 64.2 Å². The third kappa shape index (κ3) is 40.7. The number of allylic oxidation sites excluding steroid dienone is 14. The SMILES string of the molecule is CC/C=C\C/C=C\C/C=C\C/C=C\C/C=C\C/C=C\CCC(=O)OC(COCCCCCCCC/C=C\CCCCCCC)COP(=O)(O)OCCN. The van der Waals surface area contributed by atoms with Gasteiger partial charge in [-0.25, -0.2) is 4.57 Å². The molecule has 0 aromatic heterocycles. The molecular weight excluding hydrogens is 685 g/mol. The van der Waals surface area contributed by atoms with Crippen LogP contribution in [-0.4, -0.2) is 49.9 Å². The number of unbranched alkanes of at least 4 members (excludes halogenated alkanes) is 11. The molecule has 2 unspecified atom stereocenters. The average Bonchev–Trinajstić information content (AvgIpc) is 3.15. The molecule has 0 amide bonds. The number of carbonyl (C=O) groups is 1. The van der Waals surface area contributed by atoms with Crippen molar-refractivity contribution in [3.63, 3.8) is 0 Å². The van der Waals surface area contributed by atoms with Crippen LogP contribution in [0.1, 0.15) is 149 Å². The minimum absolute atomic E-state index is 0.0769. The molecule has 0 rings (SSSR count). The molecule has 0 heterocycles. The maximum atomic E-state index is 12.5. The summed E-state index contributed by atoms with van der Waals surface area (Å²) in [6.07, 6.45) is 51.8. The Kier molecular flexibility index (Phi) is 39.1. The minimum Gasteiger partial charge on any atom is -0.457 e. The number of phosphoric ester groups is 1. The predicted molar refractivity (Wildman–Crippen MR) is 224 cm³/mol. The highest BCUT2D eigenvalue weighted by molar-refractivity contribution is 7.47. The van der Waals surface area contributed by atoms with Gasteiger partial charge in [0.25, 0.3) is 0 Å². The van der Waals surface area contributed by atoms with Gasteiger partial charge in [-0.15, -0.1) is 0 Å². The van der Waals surface area contributed by atoms with E-state index in [2.05, 4.69) is 86.8 Å². The molecule has 3 N–H and O–H groups in total. The van der Waals surface area contributed by atoms with Crippen molar-refractivity contribution in [1.82, 2.24) is 0 Å². The number of nitrogens with two attached hydrogens (primary N) is 1. The molecule has 53 heavy (non-hydrogen) atoms. The second-order valence-electron chi connectivity index (χ2n) is 13.1. The molecule has 0 radical (unpaired) electrons. The molecule has 0 aliphatic carbocycles. The van der Waals surface area contributed by atoms with Gasteiger partial charge < -0.3 is 20.1 Å². The van der Waals surface area contributed by atoms with E-state index in [1.54, 1.807) is 0 Å². The summed E-state index contributed by atoms with van der Waals surface area (Å²) in [4.78, 5) is 22.4. The Morgan fingerprint density at radius 1 is 0.585 bits per heavy atom. The topological polar surface area (TPSA) is 117 Å². The van der Waals surface area contributed by atoms with E-state index < -0.39 is 19.9 Å². The summed E-state index contributed by atoms with van der Waals surface area (Å²) in [5.74, 6) is -0.417. The van der Waals surface area contributed by atoms with Crippen LogP contribution in [0.3, 0.4) is 0 Å². The van der Waals surface area contributed by atoms with Crippen molar-refractivity contribution >= 4 is 13.8 Å². The molecule has 0 saturated heterocycles. The monoisotopic (exact) mass is 762 g/mol. The maximum absolute atomic E-state index is 12.5. The Hall–Kier alpha value is -2.32. The fourth-order valence-corrected chi connectivity index (χ4v) is 5.84. The van der Waals surface area contributed by atoms with Crippen molar-refractivity contribution in [2.45, 2.75) is 155 Å². The van der Waals surface area contributed by atoms with Crippen molar-refractivity contribution in [3.8, 4) is 0 Å². The van der Waals surface area contributed by atoms with Crippen LogP contribution >= 0.6 is 7.82 Å². The van der Waals surface area contributed by atoms with E-state index >= 15 is 0 Å². The van der Waals surface area contributed by atoms with Crippen LogP contribution in [0.15, 0.2) is 85.1 Å². The van der Waals surface area contributed by atoms with Crippen LogP contribution in [-0.2, 0) is 27.9 Å². The van der Waals surface area contributed by atoms with Gasteiger partial charge in [-0.2, -0.15) is 0 Å². The van der Waals surface area contributed by atoms with Gasteiger partial charge in [-0.1, -0.05) is 150 Å². The van der Waals surface area contributed by atoms with Crippen molar-refractivity contribution in [3.05, 3.63) is 85.1 Å². The first-order valence-corrected chi connectivity index (χ1v) is 22.1. The molecule has 0 fully saturated rings. The lowest BCUT2D eigenvalue weighted by Crippen LogP contribution is -2.28. The number of phosphoric acid groups is 1. The number of esters is 1. The largest absolute Gasteiger partial charge is 0.472 e. The van der Waals surface area contributed by atoms with Crippen LogP contribution in [0.4, 0.5) is 0 Å². The average molecular weight is 762 g/mol. The van der Waals surface area contributed by atoms with Crippen molar-refractivity contribution in [1.29, 1.82) is 0 Å². The van der Waals surface area contributed by atoms with Gasteiger partial charge in [0, 0.05) is 19.6 Å². The fourth-order valence-electron chi connectivity index (χ4n) is 5.07. The zero-order valence-corrected chi connectivity index (χ0v) is 34.4. The summed E-state index contributed by atoms with van der Waals surface area (Å²) in [7, 11) is -4.30. The second-order valence-corrected chi connectivity index (χ2v) is 14.6. The lowest BCUT2D eigenvalue weighted by atomic mass is 10.1. The molecule has 0 aliphatic rings. The highest BCUT2D eigenvalue weighted by atomic mass is 31.2. The molecule has 0 saturated carbocycles. The number of hydrogen-bond donors (Lipinski definition) is 2. The molecule has 0 aliphatic heterocycles. The number of carbonyl (C=O) groups excluding carboxylic acids is 1. The van der Waals surface area contributed by atoms with E-state index in [9.17, 15) is 14.3 Å². The number of hydrogen-bond acceptors (Lipinski definition) is 7. The van der Waals surface area contributed by atoms with Gasteiger partial charge in [0.1, 0.15) is 6.10 Å². The fraction of sp³-hybridized carbons (Fsp3) is 0.659. The highest BCUT2D eigenvalue weighted by Crippen LogP contribution is 2.43. The molecule has 0 spiro atoms. The molecule has 9 heteroatoms. The first-order valence-electron chi connectivity index (χ1n) is 20.6. The van der Waals surface area contributed by atoms with E-state index in [-0.39, 0.29) is 32.8 Å². The van der Waals surface area contributed by atoms with Gasteiger partial charge in [0.05, 0.1) is 19.8 Å². The number of ether oxygens (including phenoxy) is 2. The molecule has 304 valence electrons. The van der Waals surface area contributed by atoms with E-state index in [0.29, 0.717) is 13.0 Å². The Balaban J connectivity index is 4.23. The lowest BCUT2D eigenvalue weighted by molar-refractivity contribution is -0.154. The summed E-state index contributed by atoms with van der Waals surface area (Å²) >= 11 is 0. The van der Waals surface area contributed by atoms with E-state index in [0.717, 1.165) is 57.8 Å². The molecule has 8 nitrogen and oxygen atoms in total. The Labute approximate surface area is 324 Å². The summed E-state index contributed by atoms with van der Waals surface area (Å²) in [5, 5.41) is 0. The predicted octanol–water partition coefficient (Wildman–Crippen LogP) is 12.1. The zero-order valence-electron chi connectivity index (χ0n) is 33.5. The summed E-state index contributed by atoms with van der Waals surface area (Å²) in [6, 6.07) is 0. The molecule has 0 aromatic rings. The van der Waals surface area contributed by atoms with Crippen molar-refractivity contribution in [2.75, 3.05) is 33.0 Å². The quantitative estimate of drug-likeness (QED) is 0.0276. The van der Waals surface area contributed by atoms with E-state index in [4.69, 9.17) is 24.3 Å². The third-order valence-electron chi connectivity index (χ3n) is 8.06. The van der Waals surface area contributed by atoms with Gasteiger partial charge in [0.15, 0.2) is 0 Å². The molecule has 0 bridgehead atoms. The van der Waals surface area contributed by atoms with Crippen LogP contribution < -0.4 is 5.73 Å². The first kappa shape index (κ1) is 50.7. The third-order valence-corrected chi connectivity index (χ3v) is 9.04. The minimum atomic E-state index is -4.30. The normalized spacial score (nSPS) is 14.4. The van der Waals surface area contributed by atoms with Crippen LogP contribution in [0, 0.1) is 0 Å². The summed E-state index contributed by atoms with van der Waals surface area (Å²) in [5.41, 5.74) is 5.36. The van der Waals surface area contributed by atoms with Crippen LogP contribution in [0.2, 0.25) is 0 Å². The summed E-state index contributed by atoms with van der Waals surface area (Å²) in [6.45, 7) is 4.66. The van der Waals surface area contributed by atoms with Crippen molar-refractivity contribution < 1.29 is 32.8 Å². The van der Waals surface area contributed by atoms with Crippen molar-refractivity contribution in [2.24, 2.45) is 5.73 Å². The van der Waals surface area contributed by atoms with Crippen LogP contribution in [0.25, 0.3) is 0 Å². The summed E-state index contributed by atoms with van der Waals surface area (Å²) < 4.78 is 33.3. The maximum Gasteiger partial charge on any atom is 0.472 e.